The summed E-state index contributed by atoms with van der Waals surface area (Å²) in [6, 6.07) is 10.3. The molecule has 0 aliphatic rings. The van der Waals surface area contributed by atoms with E-state index in [1.165, 1.54) is 5.69 Å². The second kappa shape index (κ2) is 9.22. The Morgan fingerprint density at radius 1 is 1.37 bits per heavy atom. The zero-order valence-electron chi connectivity index (χ0n) is 11.8. The lowest BCUT2D eigenvalue weighted by molar-refractivity contribution is 0.204. The van der Waals surface area contributed by atoms with Crippen molar-refractivity contribution in [3.05, 3.63) is 30.3 Å². The largest absolute Gasteiger partial charge is 0.383 e. The fourth-order valence-corrected chi connectivity index (χ4v) is 1.66. The van der Waals surface area contributed by atoms with Crippen LogP contribution < -0.4 is 16.0 Å². The lowest BCUT2D eigenvalue weighted by Gasteiger charge is -2.18. The van der Waals surface area contributed by atoms with Crippen molar-refractivity contribution < 1.29 is 4.74 Å². The SMILES string of the molecule is COCCNC(N)=NCCCN(C)c1ccccc1. The summed E-state index contributed by atoms with van der Waals surface area (Å²) in [7, 11) is 3.74. The van der Waals surface area contributed by atoms with Gasteiger partial charge in [0.1, 0.15) is 0 Å². The average molecular weight is 264 g/mol. The van der Waals surface area contributed by atoms with E-state index in [4.69, 9.17) is 10.5 Å². The lowest BCUT2D eigenvalue weighted by atomic mass is 10.3. The molecule has 0 aliphatic carbocycles. The molecule has 5 nitrogen and oxygen atoms in total. The molecule has 0 bridgehead atoms. The van der Waals surface area contributed by atoms with Gasteiger partial charge in [0.25, 0.3) is 0 Å². The van der Waals surface area contributed by atoms with E-state index in [0.29, 0.717) is 19.1 Å². The number of guanidine groups is 1. The zero-order chi connectivity index (χ0) is 13.9. The summed E-state index contributed by atoms with van der Waals surface area (Å²) in [5, 5.41) is 2.99. The number of ether oxygens (including phenoxy) is 1. The maximum atomic E-state index is 5.71. The van der Waals surface area contributed by atoms with Crippen LogP contribution in [0, 0.1) is 0 Å². The van der Waals surface area contributed by atoms with Crippen molar-refractivity contribution in [2.75, 3.05) is 45.3 Å². The van der Waals surface area contributed by atoms with Gasteiger partial charge in [-0.05, 0) is 18.6 Å². The average Bonchev–Trinajstić information content (AvgIpc) is 2.44. The summed E-state index contributed by atoms with van der Waals surface area (Å²) in [4.78, 5) is 6.48. The molecule has 0 amide bonds. The first kappa shape index (κ1) is 15.3. The van der Waals surface area contributed by atoms with E-state index >= 15 is 0 Å². The Labute approximate surface area is 115 Å². The lowest BCUT2D eigenvalue weighted by Crippen LogP contribution is -2.34. The fraction of sp³-hybridized carbons (Fsp3) is 0.500. The molecule has 0 aromatic heterocycles. The van der Waals surface area contributed by atoms with Crippen molar-refractivity contribution in [1.82, 2.24) is 5.32 Å². The molecule has 106 valence electrons. The van der Waals surface area contributed by atoms with Crippen LogP contribution in [0.2, 0.25) is 0 Å². The van der Waals surface area contributed by atoms with E-state index in [-0.39, 0.29) is 0 Å². The smallest absolute Gasteiger partial charge is 0.188 e. The standard InChI is InChI=1S/C14H24N4O/c1-18(13-7-4-3-5-8-13)11-6-9-16-14(15)17-10-12-19-2/h3-5,7-8H,6,9-12H2,1-2H3,(H3,15,16,17). The summed E-state index contributed by atoms with van der Waals surface area (Å²) >= 11 is 0. The molecule has 0 spiro atoms. The van der Waals surface area contributed by atoms with Gasteiger partial charge < -0.3 is 20.7 Å². The predicted octanol–water partition coefficient (Wildman–Crippen LogP) is 1.06. The van der Waals surface area contributed by atoms with Gasteiger partial charge in [-0.25, -0.2) is 0 Å². The molecule has 3 N–H and O–H groups in total. The first-order valence-electron chi connectivity index (χ1n) is 6.53. The first-order chi connectivity index (χ1) is 9.24. The molecule has 5 heteroatoms. The Morgan fingerprint density at radius 2 is 2.11 bits per heavy atom. The number of nitrogens with two attached hydrogens (primary N) is 1. The Bertz CT molecular complexity index is 367. The third-order valence-corrected chi connectivity index (χ3v) is 2.74. The molecule has 19 heavy (non-hydrogen) atoms. The number of hydrogen-bond acceptors (Lipinski definition) is 3. The molecule has 0 atom stereocenters. The Kier molecular flexibility index (Phi) is 7.43. The minimum absolute atomic E-state index is 0.486. The number of aliphatic imine (C=N–C) groups is 1. The highest BCUT2D eigenvalue weighted by Crippen LogP contribution is 2.10. The summed E-state index contributed by atoms with van der Waals surface area (Å²) < 4.78 is 4.92. The normalized spacial score (nSPS) is 11.4. The summed E-state index contributed by atoms with van der Waals surface area (Å²) in [5.74, 6) is 0.486. The summed E-state index contributed by atoms with van der Waals surface area (Å²) in [6.07, 6.45) is 0.970. The second-order valence-corrected chi connectivity index (χ2v) is 4.30. The molecule has 1 rings (SSSR count). The number of anilines is 1. The summed E-state index contributed by atoms with van der Waals surface area (Å²) in [5.41, 5.74) is 6.93. The molecule has 0 saturated heterocycles. The van der Waals surface area contributed by atoms with Gasteiger partial charge in [0.05, 0.1) is 6.61 Å². The van der Waals surface area contributed by atoms with E-state index < -0.39 is 0 Å². The number of rotatable bonds is 8. The van der Waals surface area contributed by atoms with Crippen LogP contribution in [-0.4, -0.2) is 46.4 Å². The minimum Gasteiger partial charge on any atom is -0.383 e. The van der Waals surface area contributed by atoms with E-state index in [9.17, 15) is 0 Å². The maximum Gasteiger partial charge on any atom is 0.188 e. The van der Waals surface area contributed by atoms with Gasteiger partial charge in [-0.15, -0.1) is 0 Å². The third-order valence-electron chi connectivity index (χ3n) is 2.74. The number of methoxy groups -OCH3 is 1. The highest BCUT2D eigenvalue weighted by Gasteiger charge is 1.98. The Morgan fingerprint density at radius 3 is 2.79 bits per heavy atom. The zero-order valence-corrected chi connectivity index (χ0v) is 11.8. The maximum absolute atomic E-state index is 5.71. The van der Waals surface area contributed by atoms with Crippen molar-refractivity contribution in [1.29, 1.82) is 0 Å². The number of benzene rings is 1. The van der Waals surface area contributed by atoms with Crippen molar-refractivity contribution in [3.8, 4) is 0 Å². The van der Waals surface area contributed by atoms with Crippen LogP contribution >= 0.6 is 0 Å². The van der Waals surface area contributed by atoms with Crippen LogP contribution in [0.15, 0.2) is 35.3 Å². The molecule has 0 radical (unpaired) electrons. The Hall–Kier alpha value is -1.75. The molecular formula is C14H24N4O. The van der Waals surface area contributed by atoms with Crippen LogP contribution in [0.5, 0.6) is 0 Å². The Balaban J connectivity index is 2.18. The van der Waals surface area contributed by atoms with Crippen molar-refractivity contribution in [2.24, 2.45) is 10.7 Å². The number of para-hydroxylation sites is 1. The van der Waals surface area contributed by atoms with Gasteiger partial charge in [-0.2, -0.15) is 0 Å². The molecular weight excluding hydrogens is 240 g/mol. The van der Waals surface area contributed by atoms with Gasteiger partial charge >= 0.3 is 0 Å². The molecule has 0 aliphatic heterocycles. The topological polar surface area (TPSA) is 62.9 Å². The van der Waals surface area contributed by atoms with Crippen LogP contribution in [0.3, 0.4) is 0 Å². The van der Waals surface area contributed by atoms with Crippen molar-refractivity contribution in [3.63, 3.8) is 0 Å². The molecule has 0 heterocycles. The quantitative estimate of drug-likeness (QED) is 0.419. The van der Waals surface area contributed by atoms with Gasteiger partial charge in [0.2, 0.25) is 0 Å². The van der Waals surface area contributed by atoms with Crippen LogP contribution in [0.4, 0.5) is 5.69 Å². The fourth-order valence-electron chi connectivity index (χ4n) is 1.66. The third kappa shape index (κ3) is 6.67. The number of nitrogens with zero attached hydrogens (tertiary/aromatic N) is 2. The van der Waals surface area contributed by atoms with E-state index in [2.05, 4.69) is 34.4 Å². The van der Waals surface area contributed by atoms with Gasteiger partial charge in [-0.1, -0.05) is 18.2 Å². The van der Waals surface area contributed by atoms with Crippen LogP contribution in [0.1, 0.15) is 6.42 Å². The molecule has 1 aromatic rings. The minimum atomic E-state index is 0.486. The molecule has 0 fully saturated rings. The predicted molar refractivity (Wildman–Crippen MR) is 80.7 cm³/mol. The van der Waals surface area contributed by atoms with Crippen LogP contribution in [0.25, 0.3) is 0 Å². The van der Waals surface area contributed by atoms with Gasteiger partial charge in [-0.3, -0.25) is 4.99 Å². The highest BCUT2D eigenvalue weighted by atomic mass is 16.5. The molecule has 0 saturated carbocycles. The highest BCUT2D eigenvalue weighted by molar-refractivity contribution is 5.77. The van der Waals surface area contributed by atoms with Crippen molar-refractivity contribution in [2.45, 2.75) is 6.42 Å². The monoisotopic (exact) mass is 264 g/mol. The number of nitrogens with one attached hydrogen (secondary N) is 1. The van der Waals surface area contributed by atoms with E-state index in [1.807, 2.05) is 18.2 Å². The van der Waals surface area contributed by atoms with Gasteiger partial charge in [0, 0.05) is 39.5 Å². The van der Waals surface area contributed by atoms with Crippen LogP contribution in [-0.2, 0) is 4.74 Å². The first-order valence-corrected chi connectivity index (χ1v) is 6.53. The summed E-state index contributed by atoms with van der Waals surface area (Å²) in [6.45, 7) is 3.00. The van der Waals surface area contributed by atoms with Crippen molar-refractivity contribution >= 4 is 11.6 Å². The molecule has 0 unspecified atom stereocenters. The van der Waals surface area contributed by atoms with E-state index in [0.717, 1.165) is 19.5 Å². The molecule has 1 aromatic carbocycles. The number of hydrogen-bond donors (Lipinski definition) is 2. The van der Waals surface area contributed by atoms with Gasteiger partial charge in [0.15, 0.2) is 5.96 Å². The van der Waals surface area contributed by atoms with E-state index in [1.54, 1.807) is 7.11 Å². The second-order valence-electron chi connectivity index (χ2n) is 4.30.